The predicted molar refractivity (Wildman–Crippen MR) is 41.9 cm³/mol. The van der Waals surface area contributed by atoms with Crippen LogP contribution in [0.25, 0.3) is 0 Å². The largest absolute Gasteiger partial charge is 0.394 e. The Balaban J connectivity index is 3.69. The van der Waals surface area contributed by atoms with E-state index in [0.29, 0.717) is 0 Å². The first-order valence-corrected chi connectivity index (χ1v) is 3.47. The smallest absolute Gasteiger partial charge is 0.143 e. The van der Waals surface area contributed by atoms with Gasteiger partial charge in [-0.3, -0.25) is 0 Å². The standard InChI is InChI=1S/C4H10O4S2/c5-1-2(6)3(7)4(9)8-10/h2-7,9-10H,1H2/t2-,3+,4?/m1/s1. The molecule has 0 amide bonds. The third kappa shape index (κ3) is 3.09. The van der Waals surface area contributed by atoms with E-state index >= 15 is 0 Å². The summed E-state index contributed by atoms with van der Waals surface area (Å²) in [5.74, 6) is 0. The van der Waals surface area contributed by atoms with Gasteiger partial charge < -0.3 is 19.5 Å². The summed E-state index contributed by atoms with van der Waals surface area (Å²) in [5.41, 5.74) is -0.898. The lowest BCUT2D eigenvalue weighted by Gasteiger charge is -2.19. The summed E-state index contributed by atoms with van der Waals surface area (Å²) in [7, 11) is 0. The maximum atomic E-state index is 8.93. The molecule has 0 radical (unpaired) electrons. The topological polar surface area (TPSA) is 69.9 Å². The van der Waals surface area contributed by atoms with E-state index in [1.165, 1.54) is 0 Å². The predicted octanol–water partition coefficient (Wildman–Crippen LogP) is -1.18. The number of aliphatic hydroxyl groups excluding tert-OH is 3. The molecule has 4 nitrogen and oxygen atoms in total. The second-order valence-electron chi connectivity index (χ2n) is 1.74. The second-order valence-corrected chi connectivity index (χ2v) is 2.46. The number of hydrogen-bond acceptors (Lipinski definition) is 6. The summed E-state index contributed by atoms with van der Waals surface area (Å²) in [5, 5.41) is 26.0. The lowest BCUT2D eigenvalue weighted by Crippen LogP contribution is -2.36. The Labute approximate surface area is 69.8 Å². The van der Waals surface area contributed by atoms with Crippen molar-refractivity contribution in [2.75, 3.05) is 6.61 Å². The van der Waals surface area contributed by atoms with E-state index in [1.54, 1.807) is 0 Å². The van der Waals surface area contributed by atoms with Crippen molar-refractivity contribution in [1.29, 1.82) is 0 Å². The zero-order valence-electron chi connectivity index (χ0n) is 5.08. The molecule has 10 heavy (non-hydrogen) atoms. The molecule has 0 bridgehead atoms. The molecule has 0 fully saturated rings. The van der Waals surface area contributed by atoms with Crippen LogP contribution in [0.1, 0.15) is 0 Å². The fraction of sp³-hybridized carbons (Fsp3) is 1.00. The Morgan fingerprint density at radius 3 is 2.20 bits per heavy atom. The molecular weight excluding hydrogens is 176 g/mol. The lowest BCUT2D eigenvalue weighted by molar-refractivity contribution is -0.0388. The van der Waals surface area contributed by atoms with Crippen molar-refractivity contribution in [2.45, 2.75) is 17.6 Å². The first-order chi connectivity index (χ1) is 4.63. The Bertz CT molecular complexity index is 81.3. The van der Waals surface area contributed by atoms with Gasteiger partial charge in [-0.2, -0.15) is 0 Å². The first-order valence-electron chi connectivity index (χ1n) is 2.58. The van der Waals surface area contributed by atoms with Gasteiger partial charge in [0.25, 0.3) is 0 Å². The monoisotopic (exact) mass is 186 g/mol. The Morgan fingerprint density at radius 2 is 1.90 bits per heavy atom. The summed E-state index contributed by atoms with van der Waals surface area (Å²) in [6, 6.07) is 0. The number of rotatable bonds is 4. The second kappa shape index (κ2) is 5.22. The van der Waals surface area contributed by atoms with Gasteiger partial charge in [-0.1, -0.05) is 0 Å². The molecule has 0 aliphatic heterocycles. The minimum absolute atomic E-state index is 0.532. The van der Waals surface area contributed by atoms with Gasteiger partial charge in [0.15, 0.2) is 0 Å². The van der Waals surface area contributed by atoms with Gasteiger partial charge in [-0.05, 0) is 12.9 Å². The van der Waals surface area contributed by atoms with Crippen LogP contribution in [0.15, 0.2) is 0 Å². The van der Waals surface area contributed by atoms with Crippen LogP contribution in [0, 0.1) is 0 Å². The highest BCUT2D eigenvalue weighted by Gasteiger charge is 2.22. The van der Waals surface area contributed by atoms with Gasteiger partial charge in [0.05, 0.1) is 6.61 Å². The molecule has 0 aromatic rings. The molecule has 62 valence electrons. The quantitative estimate of drug-likeness (QED) is 0.218. The molecule has 0 rings (SSSR count). The average Bonchev–Trinajstić information content (AvgIpc) is 2.00. The van der Waals surface area contributed by atoms with Gasteiger partial charge in [0.1, 0.15) is 17.6 Å². The zero-order chi connectivity index (χ0) is 8.15. The van der Waals surface area contributed by atoms with Crippen molar-refractivity contribution >= 4 is 25.5 Å². The number of hydrogen-bond donors (Lipinski definition) is 5. The molecule has 0 spiro atoms. The summed E-state index contributed by atoms with van der Waals surface area (Å²) in [6.07, 6.45) is -2.47. The van der Waals surface area contributed by atoms with E-state index in [0.717, 1.165) is 0 Å². The number of thiol groups is 2. The van der Waals surface area contributed by atoms with Crippen LogP contribution < -0.4 is 0 Å². The van der Waals surface area contributed by atoms with Crippen molar-refractivity contribution < 1.29 is 19.5 Å². The molecule has 0 aliphatic carbocycles. The van der Waals surface area contributed by atoms with Crippen LogP contribution in [0.2, 0.25) is 0 Å². The molecular formula is C4H10O4S2. The van der Waals surface area contributed by atoms with Crippen LogP contribution in [-0.4, -0.2) is 39.6 Å². The molecule has 3 atom stereocenters. The van der Waals surface area contributed by atoms with E-state index in [-0.39, 0.29) is 0 Å². The van der Waals surface area contributed by atoms with Crippen molar-refractivity contribution in [2.24, 2.45) is 0 Å². The van der Waals surface area contributed by atoms with Crippen LogP contribution in [0.5, 0.6) is 0 Å². The Morgan fingerprint density at radius 1 is 1.40 bits per heavy atom. The number of aliphatic hydroxyl groups is 3. The average molecular weight is 186 g/mol. The van der Waals surface area contributed by atoms with Crippen LogP contribution in [0.4, 0.5) is 0 Å². The lowest BCUT2D eigenvalue weighted by atomic mass is 10.2. The molecule has 3 N–H and O–H groups in total. The Kier molecular flexibility index (Phi) is 5.51. The SMILES string of the molecule is OC[C@@H](O)[C@H](O)C(S)OS. The molecule has 0 heterocycles. The van der Waals surface area contributed by atoms with Crippen LogP contribution in [0.3, 0.4) is 0 Å². The van der Waals surface area contributed by atoms with Crippen molar-refractivity contribution in [3.05, 3.63) is 0 Å². The highest BCUT2D eigenvalue weighted by Crippen LogP contribution is 2.09. The fourth-order valence-electron chi connectivity index (χ4n) is 0.360. The van der Waals surface area contributed by atoms with Gasteiger partial charge in [-0.15, -0.1) is 12.6 Å². The minimum Gasteiger partial charge on any atom is -0.394 e. The van der Waals surface area contributed by atoms with Gasteiger partial charge in [0.2, 0.25) is 0 Å². The summed E-state index contributed by atoms with van der Waals surface area (Å²) in [4.78, 5) is 0. The van der Waals surface area contributed by atoms with Gasteiger partial charge in [0, 0.05) is 0 Å². The van der Waals surface area contributed by atoms with Crippen molar-refractivity contribution in [1.82, 2.24) is 0 Å². The summed E-state index contributed by atoms with van der Waals surface area (Å²) >= 11 is 7.06. The molecule has 0 aliphatic rings. The van der Waals surface area contributed by atoms with E-state index in [4.69, 9.17) is 15.3 Å². The third-order valence-corrected chi connectivity index (χ3v) is 1.79. The van der Waals surface area contributed by atoms with Gasteiger partial charge >= 0.3 is 0 Å². The normalized spacial score (nSPS) is 20.1. The maximum absolute atomic E-state index is 8.93. The minimum atomic E-state index is -1.24. The van der Waals surface area contributed by atoms with Crippen LogP contribution in [-0.2, 0) is 4.18 Å². The highest BCUT2D eigenvalue weighted by molar-refractivity contribution is 7.82. The molecule has 0 saturated carbocycles. The Hall–Kier alpha value is 0.540. The molecule has 0 aromatic carbocycles. The van der Waals surface area contributed by atoms with E-state index < -0.39 is 24.3 Å². The van der Waals surface area contributed by atoms with E-state index in [2.05, 4.69) is 29.7 Å². The molecule has 1 unspecified atom stereocenters. The van der Waals surface area contributed by atoms with Crippen molar-refractivity contribution in [3.63, 3.8) is 0 Å². The third-order valence-electron chi connectivity index (χ3n) is 0.981. The fourth-order valence-corrected chi connectivity index (χ4v) is 0.684. The van der Waals surface area contributed by atoms with Gasteiger partial charge in [-0.25, -0.2) is 0 Å². The first kappa shape index (κ1) is 10.5. The summed E-state index contributed by atoms with van der Waals surface area (Å²) in [6.45, 7) is -0.532. The van der Waals surface area contributed by atoms with Crippen molar-refractivity contribution in [3.8, 4) is 0 Å². The van der Waals surface area contributed by atoms with Crippen LogP contribution >= 0.6 is 25.5 Å². The molecule has 6 heteroatoms. The zero-order valence-corrected chi connectivity index (χ0v) is 6.87. The van der Waals surface area contributed by atoms with E-state index in [9.17, 15) is 0 Å². The van der Waals surface area contributed by atoms with E-state index in [1.807, 2.05) is 0 Å². The highest BCUT2D eigenvalue weighted by atomic mass is 32.1. The maximum Gasteiger partial charge on any atom is 0.143 e. The molecule has 0 aromatic heterocycles. The molecule has 0 saturated heterocycles. The summed E-state index contributed by atoms with van der Waals surface area (Å²) < 4.78 is 4.27.